The van der Waals surface area contributed by atoms with Crippen LogP contribution in [-0.4, -0.2) is 0 Å². The van der Waals surface area contributed by atoms with Crippen molar-refractivity contribution in [3.8, 4) is 11.1 Å². The van der Waals surface area contributed by atoms with Gasteiger partial charge in [0, 0.05) is 19.5 Å². The topological polar surface area (TPSA) is 0 Å². The van der Waals surface area contributed by atoms with Crippen LogP contribution in [0.5, 0.6) is 0 Å². The van der Waals surface area contributed by atoms with Crippen LogP contribution in [0.15, 0.2) is 146 Å². The fourth-order valence-electron chi connectivity index (χ4n) is 4.13. The van der Waals surface area contributed by atoms with Gasteiger partial charge in [-0.3, -0.25) is 0 Å². The molecule has 0 heterocycles. The summed E-state index contributed by atoms with van der Waals surface area (Å²) in [7, 11) is 0.777. The van der Waals surface area contributed by atoms with Crippen LogP contribution in [0.4, 0.5) is 0 Å². The third kappa shape index (κ3) is 5.68. The number of fused-ring (bicyclic) bond motifs is 2. The molecule has 0 atom stereocenters. The van der Waals surface area contributed by atoms with Crippen molar-refractivity contribution in [3.05, 3.63) is 146 Å². The molecule has 6 rings (SSSR count). The Hall–Kier alpha value is -3.11. The van der Waals surface area contributed by atoms with Crippen LogP contribution in [0.2, 0.25) is 0 Å². The zero-order chi connectivity index (χ0) is 22.3. The van der Waals surface area contributed by atoms with Crippen LogP contribution in [0.1, 0.15) is 0 Å². The van der Waals surface area contributed by atoms with E-state index in [-0.39, 0.29) is 19.5 Å². The largest absolute Gasteiger partial charge is 0.0622 e. The molecule has 0 saturated heterocycles. The molecule has 0 aromatic heterocycles. The number of rotatable bonds is 3. The number of benzene rings is 6. The minimum Gasteiger partial charge on any atom is -0.0622 e. The van der Waals surface area contributed by atoms with Gasteiger partial charge in [-0.15, -0.1) is 0 Å². The van der Waals surface area contributed by atoms with Gasteiger partial charge in [0.25, 0.3) is 0 Å². The standard InChI is InChI=1S/C20H14.C12H11P.Ru/c1-3-11-17-15(7-1)9-5-13-19(17)20-14-6-10-16-8-2-4-12-18(16)20;1-3-7-11(8-4-1)13-12-9-5-2-6-10-12;/h1-14H;1-10,13H;. The first kappa shape index (κ1) is 24.0. The van der Waals surface area contributed by atoms with E-state index in [1.165, 1.54) is 43.3 Å². The summed E-state index contributed by atoms with van der Waals surface area (Å²) in [6.45, 7) is 0. The molecule has 0 spiro atoms. The van der Waals surface area contributed by atoms with E-state index in [2.05, 4.69) is 146 Å². The molecule has 0 amide bonds. The van der Waals surface area contributed by atoms with Gasteiger partial charge in [-0.05, 0) is 43.3 Å². The van der Waals surface area contributed by atoms with Crippen LogP contribution in [0.25, 0.3) is 32.7 Å². The van der Waals surface area contributed by atoms with Crippen molar-refractivity contribution in [2.24, 2.45) is 0 Å². The molecule has 0 saturated carbocycles. The van der Waals surface area contributed by atoms with E-state index in [1.54, 1.807) is 0 Å². The van der Waals surface area contributed by atoms with Gasteiger partial charge in [0.1, 0.15) is 0 Å². The quantitative estimate of drug-likeness (QED) is 0.157. The molecule has 0 aliphatic heterocycles. The molecule has 0 unspecified atom stereocenters. The Morgan fingerprint density at radius 3 is 1.12 bits per heavy atom. The molecule has 166 valence electrons. The first-order chi connectivity index (χ1) is 16.4. The Kier molecular flexibility index (Phi) is 8.37. The Morgan fingerprint density at radius 2 is 0.676 bits per heavy atom. The fourth-order valence-corrected chi connectivity index (χ4v) is 5.18. The molecule has 0 radical (unpaired) electrons. The Labute approximate surface area is 216 Å². The SMILES string of the molecule is [Ru].c1ccc(Pc2ccccc2)cc1.c1ccc2c(-c3cccc4ccccc34)cccc2c1. The Bertz CT molecular complexity index is 1350. The summed E-state index contributed by atoms with van der Waals surface area (Å²) in [5.74, 6) is 0. The molecular weight excluding hydrogens is 516 g/mol. The first-order valence-electron chi connectivity index (χ1n) is 11.2. The molecule has 0 N–H and O–H groups in total. The van der Waals surface area contributed by atoms with Gasteiger partial charge in [0.05, 0.1) is 0 Å². The summed E-state index contributed by atoms with van der Waals surface area (Å²) in [6.07, 6.45) is 0. The average Bonchev–Trinajstić information content (AvgIpc) is 2.90. The van der Waals surface area contributed by atoms with Crippen molar-refractivity contribution in [2.75, 3.05) is 0 Å². The van der Waals surface area contributed by atoms with Crippen molar-refractivity contribution in [2.45, 2.75) is 0 Å². The number of hydrogen-bond acceptors (Lipinski definition) is 0. The van der Waals surface area contributed by atoms with Crippen molar-refractivity contribution in [1.29, 1.82) is 0 Å². The van der Waals surface area contributed by atoms with Crippen LogP contribution in [0.3, 0.4) is 0 Å². The molecule has 0 aliphatic carbocycles. The van der Waals surface area contributed by atoms with Crippen molar-refractivity contribution in [3.63, 3.8) is 0 Å². The normalized spacial score (nSPS) is 10.2. The van der Waals surface area contributed by atoms with E-state index >= 15 is 0 Å². The first-order valence-corrected chi connectivity index (χ1v) is 12.2. The van der Waals surface area contributed by atoms with Gasteiger partial charge in [-0.25, -0.2) is 0 Å². The van der Waals surface area contributed by atoms with Gasteiger partial charge in [-0.2, -0.15) is 0 Å². The molecule has 2 heteroatoms. The second kappa shape index (κ2) is 11.8. The maximum absolute atomic E-state index is 2.21. The summed E-state index contributed by atoms with van der Waals surface area (Å²) in [6, 6.07) is 51.3. The molecular formula is C32H25PRu. The molecule has 0 nitrogen and oxygen atoms in total. The smallest absolute Gasteiger partial charge is 0 e. The summed E-state index contributed by atoms with van der Waals surface area (Å²) in [5.41, 5.74) is 2.61. The Morgan fingerprint density at radius 1 is 0.324 bits per heavy atom. The van der Waals surface area contributed by atoms with E-state index in [1.807, 2.05) is 0 Å². The van der Waals surface area contributed by atoms with Gasteiger partial charge in [0.15, 0.2) is 0 Å². The van der Waals surface area contributed by atoms with Crippen molar-refractivity contribution >= 4 is 40.7 Å². The third-order valence-electron chi connectivity index (χ3n) is 5.71. The van der Waals surface area contributed by atoms with Crippen LogP contribution in [0, 0.1) is 0 Å². The molecule has 6 aromatic carbocycles. The Balaban J connectivity index is 0.000000171. The molecule has 6 aromatic rings. The predicted octanol–water partition coefficient (Wildman–Crippen LogP) is 7.97. The maximum atomic E-state index is 2.21. The van der Waals surface area contributed by atoms with Gasteiger partial charge < -0.3 is 0 Å². The van der Waals surface area contributed by atoms with E-state index in [4.69, 9.17) is 0 Å². The van der Waals surface area contributed by atoms with Crippen LogP contribution in [-0.2, 0) is 19.5 Å². The predicted molar refractivity (Wildman–Crippen MR) is 147 cm³/mol. The molecule has 0 fully saturated rings. The van der Waals surface area contributed by atoms with Crippen LogP contribution < -0.4 is 10.6 Å². The monoisotopic (exact) mass is 542 g/mol. The van der Waals surface area contributed by atoms with Crippen molar-refractivity contribution < 1.29 is 19.5 Å². The van der Waals surface area contributed by atoms with Gasteiger partial charge in [-0.1, -0.05) is 154 Å². The van der Waals surface area contributed by atoms with Gasteiger partial charge in [0.2, 0.25) is 0 Å². The maximum Gasteiger partial charge on any atom is 0 e. The molecule has 0 bridgehead atoms. The number of hydrogen-bond donors (Lipinski definition) is 0. The third-order valence-corrected chi connectivity index (χ3v) is 6.95. The molecule has 0 aliphatic rings. The van der Waals surface area contributed by atoms with Crippen LogP contribution >= 0.6 is 8.58 Å². The van der Waals surface area contributed by atoms with E-state index in [0.29, 0.717) is 0 Å². The second-order valence-electron chi connectivity index (χ2n) is 7.91. The zero-order valence-electron chi connectivity index (χ0n) is 18.7. The second-order valence-corrected chi connectivity index (χ2v) is 9.32. The summed E-state index contributed by atoms with van der Waals surface area (Å²) < 4.78 is 0. The van der Waals surface area contributed by atoms with E-state index in [9.17, 15) is 0 Å². The fraction of sp³-hybridized carbons (Fsp3) is 0. The summed E-state index contributed by atoms with van der Waals surface area (Å²) in [5, 5.41) is 8.00. The van der Waals surface area contributed by atoms with Gasteiger partial charge >= 0.3 is 0 Å². The minimum absolute atomic E-state index is 0. The summed E-state index contributed by atoms with van der Waals surface area (Å²) in [4.78, 5) is 0. The summed E-state index contributed by atoms with van der Waals surface area (Å²) >= 11 is 0. The average molecular weight is 542 g/mol. The van der Waals surface area contributed by atoms with E-state index in [0.717, 1.165) is 8.58 Å². The minimum atomic E-state index is 0. The zero-order valence-corrected chi connectivity index (χ0v) is 21.4. The van der Waals surface area contributed by atoms with E-state index < -0.39 is 0 Å². The van der Waals surface area contributed by atoms with Crippen molar-refractivity contribution in [1.82, 2.24) is 0 Å². The molecule has 34 heavy (non-hydrogen) atoms.